The number of hydrogen-bond donors (Lipinski definition) is 1. The molecule has 5 rings (SSSR count). The molecule has 3 aliphatic rings. The number of fused-ring (bicyclic) bond motifs is 1. The third-order valence-corrected chi connectivity index (χ3v) is 7.74. The quantitative estimate of drug-likeness (QED) is 0.657. The number of amides is 1. The highest BCUT2D eigenvalue weighted by Gasteiger charge is 2.37. The van der Waals surface area contributed by atoms with Crippen LogP contribution in [0.4, 0.5) is 0 Å². The summed E-state index contributed by atoms with van der Waals surface area (Å²) in [7, 11) is 0. The lowest BCUT2D eigenvalue weighted by Crippen LogP contribution is -2.39. The van der Waals surface area contributed by atoms with Gasteiger partial charge in [-0.05, 0) is 53.8 Å². The number of thioether (sulfide) groups is 1. The Labute approximate surface area is 186 Å². The number of benzene rings is 1. The fraction of sp³-hybridized carbons (Fsp3) is 0.636. The highest BCUT2D eigenvalue weighted by atomic mass is 32.2. The van der Waals surface area contributed by atoms with Crippen molar-refractivity contribution in [3.63, 3.8) is 0 Å². The molecular weight excluding hydrogens is 414 g/mol. The molecule has 9 heteroatoms. The van der Waals surface area contributed by atoms with Crippen LogP contribution in [0.2, 0.25) is 0 Å². The van der Waals surface area contributed by atoms with Crippen molar-refractivity contribution in [3.05, 3.63) is 23.8 Å². The average molecular weight is 444 g/mol. The van der Waals surface area contributed by atoms with Crippen molar-refractivity contribution in [3.8, 4) is 11.5 Å². The third kappa shape index (κ3) is 4.37. The molecule has 2 aliphatic carbocycles. The van der Waals surface area contributed by atoms with Crippen LogP contribution in [0, 0.1) is 0 Å². The van der Waals surface area contributed by atoms with Crippen LogP contribution in [0.15, 0.2) is 23.4 Å². The molecule has 2 saturated carbocycles. The van der Waals surface area contributed by atoms with E-state index in [1.165, 1.54) is 43.0 Å². The van der Waals surface area contributed by atoms with E-state index < -0.39 is 0 Å². The van der Waals surface area contributed by atoms with Crippen LogP contribution in [0.3, 0.4) is 0 Å². The van der Waals surface area contributed by atoms with E-state index in [0.29, 0.717) is 31.6 Å². The Bertz CT molecular complexity index is 922. The second kappa shape index (κ2) is 9.06. The van der Waals surface area contributed by atoms with Gasteiger partial charge in [-0.1, -0.05) is 43.5 Å². The fourth-order valence-corrected chi connectivity index (χ4v) is 5.87. The SMILES string of the molecule is O=C(CSc1nnnn1C1CCCC1)NCC1(c2ccc3c(c2)OCCO3)CCCC1. The predicted molar refractivity (Wildman–Crippen MR) is 117 cm³/mol. The van der Waals surface area contributed by atoms with Gasteiger partial charge in [0.2, 0.25) is 11.1 Å². The first-order chi connectivity index (χ1) is 15.2. The second-order valence-corrected chi connectivity index (χ2v) is 9.70. The van der Waals surface area contributed by atoms with Crippen LogP contribution in [-0.4, -0.2) is 51.6 Å². The number of rotatable bonds is 7. The summed E-state index contributed by atoms with van der Waals surface area (Å²) in [6.07, 6.45) is 9.16. The molecule has 0 atom stereocenters. The number of hydrogen-bond acceptors (Lipinski definition) is 7. The molecule has 0 bridgehead atoms. The Morgan fingerprint density at radius 3 is 2.71 bits per heavy atom. The minimum absolute atomic E-state index is 0.0230. The summed E-state index contributed by atoms with van der Waals surface area (Å²) in [5.41, 5.74) is 1.19. The van der Waals surface area contributed by atoms with Gasteiger partial charge in [0.25, 0.3) is 0 Å². The van der Waals surface area contributed by atoms with E-state index in [9.17, 15) is 4.79 Å². The molecule has 8 nitrogen and oxygen atoms in total. The highest BCUT2D eigenvalue weighted by molar-refractivity contribution is 7.99. The topological polar surface area (TPSA) is 91.2 Å². The number of carbonyl (C=O) groups excluding carboxylic acids is 1. The van der Waals surface area contributed by atoms with Crippen LogP contribution in [0.5, 0.6) is 11.5 Å². The molecule has 0 spiro atoms. The van der Waals surface area contributed by atoms with Gasteiger partial charge >= 0.3 is 0 Å². The third-order valence-electron chi connectivity index (χ3n) is 6.80. The van der Waals surface area contributed by atoms with E-state index >= 15 is 0 Å². The lowest BCUT2D eigenvalue weighted by atomic mass is 9.78. The van der Waals surface area contributed by atoms with Crippen LogP contribution in [-0.2, 0) is 10.2 Å². The highest BCUT2D eigenvalue weighted by Crippen LogP contribution is 2.44. The van der Waals surface area contributed by atoms with Crippen molar-refractivity contribution in [2.45, 2.75) is 68.0 Å². The van der Waals surface area contributed by atoms with Crippen LogP contribution in [0.1, 0.15) is 63.0 Å². The monoisotopic (exact) mass is 443 g/mol. The Kier molecular flexibility index (Phi) is 6.02. The smallest absolute Gasteiger partial charge is 0.230 e. The Balaban J connectivity index is 1.21. The van der Waals surface area contributed by atoms with E-state index in [-0.39, 0.29) is 11.3 Å². The standard InChI is InChI=1S/C22H29N5O3S/c28-20(14-31-21-24-25-26-27(21)17-5-1-2-6-17)23-15-22(9-3-4-10-22)16-7-8-18-19(13-16)30-12-11-29-18/h7-8,13,17H,1-6,9-12,14-15H2,(H,23,28). The maximum atomic E-state index is 12.7. The zero-order valence-electron chi connectivity index (χ0n) is 17.7. The van der Waals surface area contributed by atoms with Crippen molar-refractivity contribution in [1.29, 1.82) is 0 Å². The largest absolute Gasteiger partial charge is 0.486 e. The normalized spacial score (nSPS) is 20.1. The van der Waals surface area contributed by atoms with Gasteiger partial charge in [0.1, 0.15) is 13.2 Å². The first kappa shape index (κ1) is 20.6. The van der Waals surface area contributed by atoms with Gasteiger partial charge in [0.15, 0.2) is 11.5 Å². The van der Waals surface area contributed by atoms with Crippen molar-refractivity contribution >= 4 is 17.7 Å². The minimum atomic E-state index is -0.0401. The minimum Gasteiger partial charge on any atom is -0.486 e. The molecule has 2 heterocycles. The van der Waals surface area contributed by atoms with Crippen LogP contribution >= 0.6 is 11.8 Å². The molecule has 0 radical (unpaired) electrons. The summed E-state index contributed by atoms with van der Waals surface area (Å²) in [4.78, 5) is 12.7. The number of ether oxygens (including phenoxy) is 2. The molecule has 1 aliphatic heterocycles. The van der Waals surface area contributed by atoms with Gasteiger partial charge in [0.05, 0.1) is 11.8 Å². The van der Waals surface area contributed by atoms with E-state index in [4.69, 9.17) is 9.47 Å². The maximum Gasteiger partial charge on any atom is 0.230 e. The molecule has 2 aromatic rings. The van der Waals surface area contributed by atoms with E-state index in [1.54, 1.807) is 0 Å². The fourth-order valence-electron chi connectivity index (χ4n) is 5.10. The van der Waals surface area contributed by atoms with Crippen molar-refractivity contribution in [2.75, 3.05) is 25.5 Å². The first-order valence-corrected chi connectivity index (χ1v) is 12.3. The van der Waals surface area contributed by atoms with E-state index in [1.807, 2.05) is 10.7 Å². The lowest BCUT2D eigenvalue weighted by Gasteiger charge is -2.31. The summed E-state index contributed by atoms with van der Waals surface area (Å²) in [5, 5.41) is 16.0. The van der Waals surface area contributed by atoms with E-state index in [0.717, 1.165) is 42.3 Å². The molecule has 31 heavy (non-hydrogen) atoms. The number of carbonyl (C=O) groups is 1. The average Bonchev–Trinajstić information content (AvgIpc) is 3.57. The Hall–Kier alpha value is -2.29. The van der Waals surface area contributed by atoms with Crippen molar-refractivity contribution in [2.24, 2.45) is 0 Å². The molecule has 0 unspecified atom stereocenters. The Morgan fingerprint density at radius 1 is 1.13 bits per heavy atom. The molecule has 1 aromatic heterocycles. The number of nitrogens with zero attached hydrogens (tertiary/aromatic N) is 4. The van der Waals surface area contributed by atoms with Gasteiger partial charge in [0, 0.05) is 12.0 Å². The number of tetrazole rings is 1. The van der Waals surface area contributed by atoms with Gasteiger partial charge in [-0.3, -0.25) is 4.79 Å². The molecule has 1 amide bonds. The van der Waals surface area contributed by atoms with Crippen molar-refractivity contribution < 1.29 is 14.3 Å². The van der Waals surface area contributed by atoms with Crippen molar-refractivity contribution in [1.82, 2.24) is 25.5 Å². The number of aromatic nitrogens is 4. The van der Waals surface area contributed by atoms with Gasteiger partial charge in [-0.25, -0.2) is 4.68 Å². The zero-order chi connectivity index (χ0) is 21.1. The molecule has 1 N–H and O–H groups in total. The van der Waals surface area contributed by atoms with Crippen LogP contribution < -0.4 is 14.8 Å². The molecule has 1 aromatic carbocycles. The van der Waals surface area contributed by atoms with Crippen LogP contribution in [0.25, 0.3) is 0 Å². The molecular formula is C22H29N5O3S. The molecule has 2 fully saturated rings. The summed E-state index contributed by atoms with van der Waals surface area (Å²) >= 11 is 1.42. The number of nitrogens with one attached hydrogen (secondary N) is 1. The summed E-state index contributed by atoms with van der Waals surface area (Å²) in [6.45, 7) is 1.81. The van der Waals surface area contributed by atoms with Gasteiger partial charge < -0.3 is 14.8 Å². The lowest BCUT2D eigenvalue weighted by molar-refractivity contribution is -0.118. The Morgan fingerprint density at radius 2 is 1.90 bits per heavy atom. The summed E-state index contributed by atoms with van der Waals surface area (Å²) < 4.78 is 13.4. The molecule has 0 saturated heterocycles. The predicted octanol–water partition coefficient (Wildman–Crippen LogP) is 3.28. The zero-order valence-corrected chi connectivity index (χ0v) is 18.5. The summed E-state index contributed by atoms with van der Waals surface area (Å²) in [6, 6.07) is 6.62. The first-order valence-electron chi connectivity index (χ1n) is 11.3. The van der Waals surface area contributed by atoms with E-state index in [2.05, 4.69) is 33.0 Å². The van der Waals surface area contributed by atoms with Gasteiger partial charge in [-0.2, -0.15) is 0 Å². The van der Waals surface area contributed by atoms with Gasteiger partial charge in [-0.15, -0.1) is 5.10 Å². The maximum absolute atomic E-state index is 12.7. The summed E-state index contributed by atoms with van der Waals surface area (Å²) in [5.74, 6) is 1.97. The molecule has 166 valence electrons. The second-order valence-electron chi connectivity index (χ2n) is 8.76.